The SMILES string of the molecule is CN1CCN=C1NCC1CCN(C2CC2)C1. The van der Waals surface area contributed by atoms with Gasteiger partial charge in [0.2, 0.25) is 0 Å². The van der Waals surface area contributed by atoms with Gasteiger partial charge in [-0.3, -0.25) is 4.99 Å². The monoisotopic (exact) mass is 222 g/mol. The number of nitrogens with one attached hydrogen (secondary N) is 1. The molecular formula is C12H22N4. The molecule has 1 saturated heterocycles. The van der Waals surface area contributed by atoms with Crippen molar-refractivity contribution < 1.29 is 0 Å². The quantitative estimate of drug-likeness (QED) is 0.748. The lowest BCUT2D eigenvalue weighted by Gasteiger charge is -2.18. The molecule has 2 fully saturated rings. The van der Waals surface area contributed by atoms with Crippen LogP contribution in [0.15, 0.2) is 4.99 Å². The molecule has 4 nitrogen and oxygen atoms in total. The third-order valence-corrected chi connectivity index (χ3v) is 3.99. The fraction of sp³-hybridized carbons (Fsp3) is 0.917. The number of likely N-dealkylation sites (tertiary alicyclic amines) is 1. The summed E-state index contributed by atoms with van der Waals surface area (Å²) in [5, 5.41) is 3.50. The van der Waals surface area contributed by atoms with Crippen molar-refractivity contribution >= 4 is 5.96 Å². The topological polar surface area (TPSA) is 30.9 Å². The summed E-state index contributed by atoms with van der Waals surface area (Å²) < 4.78 is 0. The lowest BCUT2D eigenvalue weighted by Crippen LogP contribution is -2.38. The zero-order valence-corrected chi connectivity index (χ0v) is 10.2. The fourth-order valence-corrected chi connectivity index (χ4v) is 2.76. The maximum atomic E-state index is 4.46. The molecule has 0 radical (unpaired) electrons. The van der Waals surface area contributed by atoms with Crippen LogP contribution >= 0.6 is 0 Å². The van der Waals surface area contributed by atoms with Crippen LogP contribution in [0, 0.1) is 5.92 Å². The summed E-state index contributed by atoms with van der Waals surface area (Å²) in [6.45, 7) is 5.75. The van der Waals surface area contributed by atoms with Crippen LogP contribution in [0.25, 0.3) is 0 Å². The summed E-state index contributed by atoms with van der Waals surface area (Å²) in [6.07, 6.45) is 4.24. The lowest BCUT2D eigenvalue weighted by molar-refractivity contribution is 0.313. The van der Waals surface area contributed by atoms with E-state index >= 15 is 0 Å². The van der Waals surface area contributed by atoms with Crippen LogP contribution in [-0.4, -0.2) is 61.6 Å². The zero-order chi connectivity index (χ0) is 11.0. The van der Waals surface area contributed by atoms with E-state index in [1.165, 1.54) is 32.4 Å². The highest BCUT2D eigenvalue weighted by molar-refractivity contribution is 5.81. The summed E-state index contributed by atoms with van der Waals surface area (Å²) in [4.78, 5) is 9.35. The van der Waals surface area contributed by atoms with E-state index in [-0.39, 0.29) is 0 Å². The Bertz CT molecular complexity index is 285. The molecule has 2 aliphatic heterocycles. The van der Waals surface area contributed by atoms with Crippen LogP contribution in [0.1, 0.15) is 19.3 Å². The van der Waals surface area contributed by atoms with E-state index in [1.54, 1.807) is 0 Å². The van der Waals surface area contributed by atoms with Crippen molar-refractivity contribution in [3.63, 3.8) is 0 Å². The van der Waals surface area contributed by atoms with Crippen molar-refractivity contribution in [1.29, 1.82) is 0 Å². The molecule has 0 bridgehead atoms. The van der Waals surface area contributed by atoms with Crippen LogP contribution in [0.3, 0.4) is 0 Å². The predicted molar refractivity (Wildman–Crippen MR) is 65.6 cm³/mol. The molecule has 0 aromatic heterocycles. The summed E-state index contributed by atoms with van der Waals surface area (Å²) in [5.41, 5.74) is 0. The third kappa shape index (κ3) is 2.17. The van der Waals surface area contributed by atoms with Crippen molar-refractivity contribution in [2.24, 2.45) is 10.9 Å². The molecule has 1 unspecified atom stereocenters. The first-order valence-electron chi connectivity index (χ1n) is 6.56. The Morgan fingerprint density at radius 2 is 2.19 bits per heavy atom. The van der Waals surface area contributed by atoms with Crippen molar-refractivity contribution in [2.75, 3.05) is 39.8 Å². The molecule has 1 saturated carbocycles. The van der Waals surface area contributed by atoms with Crippen LogP contribution in [0.4, 0.5) is 0 Å². The minimum absolute atomic E-state index is 0.831. The first kappa shape index (κ1) is 10.4. The van der Waals surface area contributed by atoms with Crippen molar-refractivity contribution in [2.45, 2.75) is 25.3 Å². The van der Waals surface area contributed by atoms with E-state index in [0.717, 1.165) is 37.6 Å². The number of hydrogen-bond acceptors (Lipinski definition) is 4. The molecule has 0 amide bonds. The lowest BCUT2D eigenvalue weighted by atomic mass is 10.1. The van der Waals surface area contributed by atoms with E-state index in [1.807, 2.05) is 0 Å². The first-order chi connectivity index (χ1) is 7.83. The van der Waals surface area contributed by atoms with E-state index < -0.39 is 0 Å². The Morgan fingerprint density at radius 3 is 2.88 bits per heavy atom. The smallest absolute Gasteiger partial charge is 0.193 e. The van der Waals surface area contributed by atoms with Gasteiger partial charge in [-0.1, -0.05) is 0 Å². The number of guanidine groups is 1. The molecule has 4 heteroatoms. The normalized spacial score (nSPS) is 30.9. The number of likely N-dealkylation sites (N-methyl/N-ethyl adjacent to an activating group) is 1. The highest BCUT2D eigenvalue weighted by atomic mass is 15.3. The molecule has 1 aliphatic carbocycles. The van der Waals surface area contributed by atoms with Crippen LogP contribution < -0.4 is 5.32 Å². The summed E-state index contributed by atoms with van der Waals surface area (Å²) >= 11 is 0. The fourth-order valence-electron chi connectivity index (χ4n) is 2.76. The molecule has 0 aromatic rings. The molecule has 1 N–H and O–H groups in total. The van der Waals surface area contributed by atoms with Gasteiger partial charge >= 0.3 is 0 Å². The standard InChI is InChI=1S/C12H22N4/c1-15-7-5-13-12(15)14-8-10-4-6-16(9-10)11-2-3-11/h10-11H,2-9H2,1H3,(H,13,14). The molecule has 3 rings (SSSR count). The number of rotatable bonds is 3. The van der Waals surface area contributed by atoms with E-state index in [9.17, 15) is 0 Å². The van der Waals surface area contributed by atoms with Crippen LogP contribution in [0.5, 0.6) is 0 Å². The van der Waals surface area contributed by atoms with Gasteiger partial charge in [0.05, 0.1) is 6.54 Å². The minimum atomic E-state index is 0.831. The Kier molecular flexibility index (Phi) is 2.75. The maximum Gasteiger partial charge on any atom is 0.193 e. The molecule has 16 heavy (non-hydrogen) atoms. The van der Waals surface area contributed by atoms with Gasteiger partial charge in [0, 0.05) is 32.7 Å². The Labute approximate surface area is 97.7 Å². The van der Waals surface area contributed by atoms with Gasteiger partial charge < -0.3 is 15.1 Å². The molecular weight excluding hydrogens is 200 g/mol. The van der Waals surface area contributed by atoms with Gasteiger partial charge in [0.1, 0.15) is 0 Å². The maximum absolute atomic E-state index is 4.46. The predicted octanol–water partition coefficient (Wildman–Crippen LogP) is 0.362. The van der Waals surface area contributed by atoms with Gasteiger partial charge in [-0.2, -0.15) is 0 Å². The van der Waals surface area contributed by atoms with E-state index in [4.69, 9.17) is 0 Å². The van der Waals surface area contributed by atoms with Gasteiger partial charge in [-0.25, -0.2) is 0 Å². The second-order valence-electron chi connectivity index (χ2n) is 5.39. The largest absolute Gasteiger partial charge is 0.356 e. The zero-order valence-electron chi connectivity index (χ0n) is 10.2. The van der Waals surface area contributed by atoms with Crippen molar-refractivity contribution in [3.8, 4) is 0 Å². The first-order valence-corrected chi connectivity index (χ1v) is 6.56. The Hall–Kier alpha value is -0.770. The number of aliphatic imine (C=N–C) groups is 1. The molecule has 90 valence electrons. The molecule has 0 aromatic carbocycles. The minimum Gasteiger partial charge on any atom is -0.356 e. The average Bonchev–Trinajstić information content (AvgIpc) is 2.89. The van der Waals surface area contributed by atoms with Gasteiger partial charge in [0.15, 0.2) is 5.96 Å². The molecule has 3 aliphatic rings. The summed E-state index contributed by atoms with van der Waals surface area (Å²) in [5.74, 6) is 1.93. The molecule has 1 atom stereocenters. The average molecular weight is 222 g/mol. The summed E-state index contributed by atoms with van der Waals surface area (Å²) in [7, 11) is 2.12. The molecule has 2 heterocycles. The highest BCUT2D eigenvalue weighted by Gasteiger charge is 2.34. The second kappa shape index (κ2) is 4.24. The van der Waals surface area contributed by atoms with Crippen molar-refractivity contribution in [1.82, 2.24) is 15.1 Å². The Morgan fingerprint density at radius 1 is 1.31 bits per heavy atom. The van der Waals surface area contributed by atoms with Crippen LogP contribution in [-0.2, 0) is 0 Å². The molecule has 0 spiro atoms. The summed E-state index contributed by atoms with van der Waals surface area (Å²) in [6, 6.07) is 0.941. The Balaban J connectivity index is 1.42. The number of hydrogen-bond donors (Lipinski definition) is 1. The van der Waals surface area contributed by atoms with E-state index in [0.29, 0.717) is 0 Å². The second-order valence-corrected chi connectivity index (χ2v) is 5.39. The van der Waals surface area contributed by atoms with Gasteiger partial charge in [-0.15, -0.1) is 0 Å². The highest BCUT2D eigenvalue weighted by Crippen LogP contribution is 2.31. The number of nitrogens with zero attached hydrogens (tertiary/aromatic N) is 3. The third-order valence-electron chi connectivity index (χ3n) is 3.99. The van der Waals surface area contributed by atoms with Crippen molar-refractivity contribution in [3.05, 3.63) is 0 Å². The van der Waals surface area contributed by atoms with Gasteiger partial charge in [0.25, 0.3) is 0 Å². The van der Waals surface area contributed by atoms with E-state index in [2.05, 4.69) is 27.2 Å². The van der Waals surface area contributed by atoms with Gasteiger partial charge in [-0.05, 0) is 31.7 Å². The van der Waals surface area contributed by atoms with Crippen LogP contribution in [0.2, 0.25) is 0 Å².